The van der Waals surface area contributed by atoms with Gasteiger partial charge < -0.3 is 5.11 Å². The minimum atomic E-state index is -3.68. The second-order valence-corrected chi connectivity index (χ2v) is 6.44. The molecule has 2 aromatic rings. The smallest absolute Gasteiger partial charge is 0.206 e. The number of rotatable bonds is 3. The summed E-state index contributed by atoms with van der Waals surface area (Å²) in [6.45, 7) is 3.25. The maximum absolute atomic E-state index is 12.5. The van der Waals surface area contributed by atoms with Crippen LogP contribution in [0.1, 0.15) is 11.1 Å². The van der Waals surface area contributed by atoms with Crippen LogP contribution in [0.2, 0.25) is 0 Å². The lowest BCUT2D eigenvalue weighted by Crippen LogP contribution is -2.02. The van der Waals surface area contributed by atoms with Gasteiger partial charge in [0.2, 0.25) is 9.84 Å². The predicted octanol–water partition coefficient (Wildman–Crippen LogP) is 3.24. The first-order valence-corrected chi connectivity index (χ1v) is 7.33. The highest BCUT2D eigenvalue weighted by Crippen LogP contribution is 2.28. The molecule has 0 saturated heterocycles. The Morgan fingerprint density at radius 1 is 0.950 bits per heavy atom. The van der Waals surface area contributed by atoms with Crippen LogP contribution in [0.25, 0.3) is 0 Å². The van der Waals surface area contributed by atoms with Crippen LogP contribution < -0.4 is 0 Å². The monoisotopic (exact) mass is 291 g/mol. The number of sulfone groups is 1. The largest absolute Gasteiger partial charge is 0.508 e. The molecule has 0 radical (unpaired) electrons. The molecule has 2 rings (SSSR count). The molecular formula is C14H13NO4S. The van der Waals surface area contributed by atoms with Gasteiger partial charge in [-0.2, -0.15) is 0 Å². The fourth-order valence-electron chi connectivity index (χ4n) is 1.83. The highest BCUT2D eigenvalue weighted by molar-refractivity contribution is 7.91. The molecule has 0 aliphatic carbocycles. The molecule has 0 atom stereocenters. The van der Waals surface area contributed by atoms with Gasteiger partial charge in [0.25, 0.3) is 0 Å². The fourth-order valence-corrected chi connectivity index (χ4v) is 3.26. The third-order valence-electron chi connectivity index (χ3n) is 3.06. The summed E-state index contributed by atoms with van der Waals surface area (Å²) in [4.78, 5) is 10.7. The van der Waals surface area contributed by atoms with E-state index in [-0.39, 0.29) is 21.2 Å². The Bertz CT molecular complexity index is 782. The Morgan fingerprint density at radius 3 is 2.00 bits per heavy atom. The van der Waals surface area contributed by atoms with Gasteiger partial charge >= 0.3 is 0 Å². The first-order chi connectivity index (χ1) is 9.36. The first kappa shape index (κ1) is 14.2. The second kappa shape index (κ2) is 5.05. The zero-order valence-corrected chi connectivity index (χ0v) is 11.8. The van der Waals surface area contributed by atoms with E-state index in [0.29, 0.717) is 11.1 Å². The van der Waals surface area contributed by atoms with E-state index >= 15 is 0 Å². The van der Waals surface area contributed by atoms with E-state index in [9.17, 15) is 18.4 Å². The molecule has 0 amide bonds. The second-order valence-electron chi connectivity index (χ2n) is 4.49. The third-order valence-corrected chi connectivity index (χ3v) is 4.80. The maximum Gasteiger partial charge on any atom is 0.206 e. The van der Waals surface area contributed by atoms with Gasteiger partial charge in [-0.25, -0.2) is 8.42 Å². The number of phenolic OH excluding ortho intramolecular Hbond substituents is 1. The summed E-state index contributed by atoms with van der Waals surface area (Å²) in [5.41, 5.74) is 1.19. The van der Waals surface area contributed by atoms with E-state index in [0.717, 1.165) is 0 Å². The number of nitroso groups, excluding NO2 is 1. The summed E-state index contributed by atoms with van der Waals surface area (Å²) in [6, 6.07) is 8.24. The highest BCUT2D eigenvalue weighted by Gasteiger charge is 2.19. The molecule has 1 N–H and O–H groups in total. The summed E-state index contributed by atoms with van der Waals surface area (Å²) in [5, 5.41) is 12.3. The zero-order chi connectivity index (χ0) is 14.9. The van der Waals surface area contributed by atoms with Crippen molar-refractivity contribution in [2.45, 2.75) is 23.6 Å². The molecule has 0 aliphatic rings. The number of phenols is 1. The average Bonchev–Trinajstić information content (AvgIpc) is 2.41. The average molecular weight is 291 g/mol. The van der Waals surface area contributed by atoms with Gasteiger partial charge in [-0.1, -0.05) is 0 Å². The SMILES string of the molecule is Cc1cc(S(=O)(=O)c2ccc(N=O)c(C)c2)ccc1O. The minimum absolute atomic E-state index is 0.0423. The van der Waals surface area contributed by atoms with E-state index in [1.54, 1.807) is 13.8 Å². The normalized spacial score (nSPS) is 11.3. The lowest BCUT2D eigenvalue weighted by molar-refractivity contribution is 0.470. The van der Waals surface area contributed by atoms with Gasteiger partial charge in [-0.15, -0.1) is 4.91 Å². The van der Waals surface area contributed by atoms with Crippen LogP contribution in [0.5, 0.6) is 5.75 Å². The summed E-state index contributed by atoms with van der Waals surface area (Å²) < 4.78 is 24.9. The number of aryl methyl sites for hydroxylation is 2. The maximum atomic E-state index is 12.5. The molecule has 0 spiro atoms. The Labute approximate surface area is 116 Å². The molecule has 6 heteroatoms. The van der Waals surface area contributed by atoms with Crippen molar-refractivity contribution in [2.75, 3.05) is 0 Å². The van der Waals surface area contributed by atoms with Crippen molar-refractivity contribution in [3.8, 4) is 5.75 Å². The van der Waals surface area contributed by atoms with Crippen LogP contribution in [0.3, 0.4) is 0 Å². The van der Waals surface area contributed by atoms with Gasteiger partial charge in [-0.3, -0.25) is 0 Å². The molecule has 20 heavy (non-hydrogen) atoms. The van der Waals surface area contributed by atoms with E-state index in [1.165, 1.54) is 36.4 Å². The third kappa shape index (κ3) is 2.42. The molecule has 0 fully saturated rings. The lowest BCUT2D eigenvalue weighted by atomic mass is 10.2. The van der Waals surface area contributed by atoms with E-state index in [1.807, 2.05) is 0 Å². The highest BCUT2D eigenvalue weighted by atomic mass is 32.2. The number of hydrogen-bond donors (Lipinski definition) is 1. The van der Waals surface area contributed by atoms with Crippen molar-refractivity contribution in [3.05, 3.63) is 52.4 Å². The number of aromatic hydroxyl groups is 1. The van der Waals surface area contributed by atoms with Crippen LogP contribution in [0.4, 0.5) is 5.69 Å². The van der Waals surface area contributed by atoms with Crippen molar-refractivity contribution in [3.63, 3.8) is 0 Å². The van der Waals surface area contributed by atoms with Gasteiger partial charge in [0, 0.05) is 0 Å². The van der Waals surface area contributed by atoms with Gasteiger partial charge in [-0.05, 0) is 66.5 Å². The first-order valence-electron chi connectivity index (χ1n) is 5.85. The van der Waals surface area contributed by atoms with Crippen LogP contribution in [0.15, 0.2) is 51.4 Å². The van der Waals surface area contributed by atoms with Crippen molar-refractivity contribution in [1.82, 2.24) is 0 Å². The minimum Gasteiger partial charge on any atom is -0.508 e. The zero-order valence-electron chi connectivity index (χ0n) is 11.0. The molecule has 104 valence electrons. The molecule has 0 heterocycles. The molecule has 0 saturated carbocycles. The van der Waals surface area contributed by atoms with Crippen molar-refractivity contribution < 1.29 is 13.5 Å². The Hall–Kier alpha value is -2.21. The summed E-state index contributed by atoms with van der Waals surface area (Å²) in [6.07, 6.45) is 0. The van der Waals surface area contributed by atoms with Crippen LogP contribution in [-0.2, 0) is 9.84 Å². The van der Waals surface area contributed by atoms with Crippen molar-refractivity contribution >= 4 is 15.5 Å². The van der Waals surface area contributed by atoms with Gasteiger partial charge in [0.1, 0.15) is 11.4 Å². The molecule has 2 aromatic carbocycles. The van der Waals surface area contributed by atoms with Crippen LogP contribution in [-0.4, -0.2) is 13.5 Å². The Morgan fingerprint density at radius 2 is 1.50 bits per heavy atom. The molecule has 0 unspecified atom stereocenters. The van der Waals surface area contributed by atoms with Crippen LogP contribution >= 0.6 is 0 Å². The van der Waals surface area contributed by atoms with E-state index in [2.05, 4.69) is 5.18 Å². The van der Waals surface area contributed by atoms with Crippen LogP contribution in [0, 0.1) is 18.8 Å². The molecular weight excluding hydrogens is 278 g/mol. The summed E-state index contributed by atoms with van der Waals surface area (Å²) in [7, 11) is -3.68. The Kier molecular flexibility index (Phi) is 3.59. The molecule has 0 aliphatic heterocycles. The standard InChI is InChI=1S/C14H13NO4S/c1-9-7-11(3-5-13(9)15-17)20(18,19)12-4-6-14(16)10(2)8-12/h3-8,16H,1-2H3. The Balaban J connectivity index is 2.57. The lowest BCUT2D eigenvalue weighted by Gasteiger charge is -2.08. The van der Waals surface area contributed by atoms with Crippen molar-refractivity contribution in [2.24, 2.45) is 5.18 Å². The van der Waals surface area contributed by atoms with Gasteiger partial charge in [0.15, 0.2) is 0 Å². The summed E-state index contributed by atoms with van der Waals surface area (Å²) in [5.74, 6) is 0.0423. The number of benzene rings is 2. The molecule has 0 bridgehead atoms. The summed E-state index contributed by atoms with van der Waals surface area (Å²) >= 11 is 0. The predicted molar refractivity (Wildman–Crippen MR) is 74.9 cm³/mol. The van der Waals surface area contributed by atoms with Gasteiger partial charge in [0.05, 0.1) is 9.79 Å². The fraction of sp³-hybridized carbons (Fsp3) is 0.143. The van der Waals surface area contributed by atoms with E-state index in [4.69, 9.17) is 0 Å². The topological polar surface area (TPSA) is 83.8 Å². The number of hydrogen-bond acceptors (Lipinski definition) is 5. The molecule has 5 nitrogen and oxygen atoms in total. The molecule has 0 aromatic heterocycles. The van der Waals surface area contributed by atoms with Crippen molar-refractivity contribution in [1.29, 1.82) is 0 Å². The number of nitrogens with zero attached hydrogens (tertiary/aromatic N) is 1. The quantitative estimate of drug-likeness (QED) is 0.880. The van der Waals surface area contributed by atoms with E-state index < -0.39 is 9.84 Å².